The van der Waals surface area contributed by atoms with Crippen molar-refractivity contribution < 1.29 is 27.8 Å². The summed E-state index contributed by atoms with van der Waals surface area (Å²) in [5, 5.41) is 3.22. The molecule has 2 heterocycles. The van der Waals surface area contributed by atoms with Crippen LogP contribution in [-0.2, 0) is 0 Å². The summed E-state index contributed by atoms with van der Waals surface area (Å²) in [6.07, 6.45) is 1.31. The number of anilines is 1. The quantitative estimate of drug-likeness (QED) is 0.338. The van der Waals surface area contributed by atoms with Gasteiger partial charge in [-0.25, -0.2) is 13.8 Å². The van der Waals surface area contributed by atoms with E-state index in [0.717, 1.165) is 11.5 Å². The molecule has 0 atom stereocenters. The van der Waals surface area contributed by atoms with Gasteiger partial charge in [0.1, 0.15) is 23.2 Å². The lowest BCUT2D eigenvalue weighted by molar-refractivity contribution is 0.102. The number of amides is 1. The van der Waals surface area contributed by atoms with Gasteiger partial charge < -0.3 is 24.5 Å². The summed E-state index contributed by atoms with van der Waals surface area (Å²) in [5.74, 6) is -1.08. The number of aromatic amines is 1. The third kappa shape index (κ3) is 4.05. The van der Waals surface area contributed by atoms with Crippen molar-refractivity contribution in [3.8, 4) is 23.1 Å². The molecular weight excluding hydrogens is 458 g/mol. The highest BCUT2D eigenvalue weighted by Gasteiger charge is 2.18. The van der Waals surface area contributed by atoms with Gasteiger partial charge in [0, 0.05) is 23.2 Å². The number of methoxy groups -OCH3 is 2. The molecule has 35 heavy (non-hydrogen) atoms. The summed E-state index contributed by atoms with van der Waals surface area (Å²) in [7, 11) is 3.07. The van der Waals surface area contributed by atoms with E-state index in [1.807, 2.05) is 0 Å². The fourth-order valence-corrected chi connectivity index (χ4v) is 3.69. The van der Waals surface area contributed by atoms with Crippen LogP contribution >= 0.6 is 0 Å². The molecule has 8 nitrogen and oxygen atoms in total. The number of aromatic nitrogens is 3. The van der Waals surface area contributed by atoms with Crippen LogP contribution in [0.2, 0.25) is 0 Å². The molecular formula is C25H18F2N4O4. The second-order valence-electron chi connectivity index (χ2n) is 7.46. The van der Waals surface area contributed by atoms with Gasteiger partial charge in [0.05, 0.1) is 25.3 Å². The molecule has 10 heteroatoms. The number of hydrogen-bond donors (Lipinski definition) is 2. The lowest BCUT2D eigenvalue weighted by atomic mass is 10.2. The van der Waals surface area contributed by atoms with Crippen molar-refractivity contribution in [1.82, 2.24) is 15.0 Å². The van der Waals surface area contributed by atoms with Gasteiger partial charge in [-0.05, 0) is 30.3 Å². The molecule has 0 aliphatic rings. The van der Waals surface area contributed by atoms with E-state index >= 15 is 0 Å². The van der Waals surface area contributed by atoms with E-state index in [2.05, 4.69) is 20.3 Å². The molecule has 2 aromatic heterocycles. The molecule has 3 aromatic carbocycles. The minimum absolute atomic E-state index is 0.103. The zero-order valence-corrected chi connectivity index (χ0v) is 18.6. The summed E-state index contributed by atoms with van der Waals surface area (Å²) in [6.45, 7) is 0. The minimum atomic E-state index is -0.748. The van der Waals surface area contributed by atoms with Gasteiger partial charge in [0.2, 0.25) is 5.88 Å². The number of nitrogens with zero attached hydrogens (tertiary/aromatic N) is 2. The van der Waals surface area contributed by atoms with Crippen molar-refractivity contribution in [2.45, 2.75) is 0 Å². The molecule has 0 aliphatic carbocycles. The first-order valence-corrected chi connectivity index (χ1v) is 10.4. The molecule has 5 aromatic rings. The fourth-order valence-electron chi connectivity index (χ4n) is 3.69. The Kier molecular flexibility index (Phi) is 5.61. The molecule has 2 N–H and O–H groups in total. The topological polar surface area (TPSA) is 98.4 Å². The average molecular weight is 476 g/mol. The maximum Gasteiger partial charge on any atom is 0.258 e. The lowest BCUT2D eigenvalue weighted by Crippen LogP contribution is -2.13. The Morgan fingerprint density at radius 3 is 2.43 bits per heavy atom. The predicted octanol–water partition coefficient (Wildman–Crippen LogP) is 5.45. The van der Waals surface area contributed by atoms with E-state index in [1.54, 1.807) is 12.1 Å². The molecule has 0 saturated heterocycles. The number of benzene rings is 3. The van der Waals surface area contributed by atoms with Crippen molar-refractivity contribution in [3.63, 3.8) is 0 Å². The van der Waals surface area contributed by atoms with E-state index < -0.39 is 17.5 Å². The van der Waals surface area contributed by atoms with Gasteiger partial charge in [-0.3, -0.25) is 4.79 Å². The Bertz CT molecular complexity index is 1590. The van der Waals surface area contributed by atoms with Crippen LogP contribution in [0.4, 0.5) is 14.5 Å². The fraction of sp³-hybridized carbons (Fsp3) is 0.0800. The number of H-pyrrole nitrogens is 1. The van der Waals surface area contributed by atoms with Gasteiger partial charge >= 0.3 is 0 Å². The van der Waals surface area contributed by atoms with E-state index in [1.165, 1.54) is 56.9 Å². The number of nitrogens with one attached hydrogen (secondary N) is 2. The molecule has 5 rings (SSSR count). The first kappa shape index (κ1) is 22.1. The van der Waals surface area contributed by atoms with Gasteiger partial charge in [-0.15, -0.1) is 0 Å². The first-order chi connectivity index (χ1) is 17.0. The average Bonchev–Trinajstić information content (AvgIpc) is 3.23. The van der Waals surface area contributed by atoms with Crippen LogP contribution in [0.3, 0.4) is 0 Å². The van der Waals surface area contributed by atoms with E-state index in [9.17, 15) is 13.6 Å². The minimum Gasteiger partial charge on any atom is -0.493 e. The van der Waals surface area contributed by atoms with Crippen LogP contribution < -0.4 is 19.5 Å². The molecule has 0 spiro atoms. The molecule has 0 radical (unpaired) electrons. The van der Waals surface area contributed by atoms with Crippen LogP contribution in [0.15, 0.2) is 60.9 Å². The Morgan fingerprint density at radius 1 is 0.914 bits per heavy atom. The Morgan fingerprint density at radius 2 is 1.69 bits per heavy atom. The highest BCUT2D eigenvalue weighted by molar-refractivity contribution is 6.07. The SMILES string of the molecule is COc1cc2[nH]c3c(Oc4ccc(NC(=O)c5ccccc5F)cc4F)ncnc3c2cc1OC. The maximum atomic E-state index is 14.8. The third-order valence-electron chi connectivity index (χ3n) is 5.37. The number of fused-ring (bicyclic) bond motifs is 3. The largest absolute Gasteiger partial charge is 0.493 e. The van der Waals surface area contributed by atoms with E-state index in [4.69, 9.17) is 14.2 Å². The maximum absolute atomic E-state index is 14.8. The summed E-state index contributed by atoms with van der Waals surface area (Å²) < 4.78 is 45.1. The summed E-state index contributed by atoms with van der Waals surface area (Å²) >= 11 is 0. The van der Waals surface area contributed by atoms with Gasteiger partial charge in [0.15, 0.2) is 23.1 Å². The van der Waals surface area contributed by atoms with Gasteiger partial charge in [-0.2, -0.15) is 4.98 Å². The highest BCUT2D eigenvalue weighted by atomic mass is 19.1. The molecule has 0 fully saturated rings. The number of halogens is 2. The normalized spacial score (nSPS) is 11.0. The first-order valence-electron chi connectivity index (χ1n) is 10.4. The Labute approximate surface area is 197 Å². The molecule has 0 bridgehead atoms. The molecule has 1 amide bonds. The smallest absolute Gasteiger partial charge is 0.258 e. The standard InChI is InChI=1S/C25H18F2N4O4/c1-33-20-10-15-18(11-21(20)34-2)31-23-22(15)28-12-29-25(23)35-19-8-7-13(9-17(19)27)30-24(32)14-5-3-4-6-16(14)26/h3-12,31H,1-2H3,(H,30,32). The van der Waals surface area contributed by atoms with Crippen LogP contribution in [0.5, 0.6) is 23.1 Å². The van der Waals surface area contributed by atoms with Gasteiger partial charge in [0.25, 0.3) is 5.91 Å². The highest BCUT2D eigenvalue weighted by Crippen LogP contribution is 2.38. The van der Waals surface area contributed by atoms with Crippen molar-refractivity contribution >= 4 is 33.5 Å². The monoisotopic (exact) mass is 476 g/mol. The lowest BCUT2D eigenvalue weighted by Gasteiger charge is -2.09. The van der Waals surface area contributed by atoms with Crippen LogP contribution in [0.1, 0.15) is 10.4 Å². The zero-order valence-electron chi connectivity index (χ0n) is 18.6. The van der Waals surface area contributed by atoms with Crippen molar-refractivity contribution in [2.75, 3.05) is 19.5 Å². The summed E-state index contributed by atoms with van der Waals surface area (Å²) in [4.78, 5) is 23.9. The van der Waals surface area contributed by atoms with E-state index in [-0.39, 0.29) is 22.9 Å². The van der Waals surface area contributed by atoms with Crippen LogP contribution in [0.25, 0.3) is 21.9 Å². The third-order valence-corrected chi connectivity index (χ3v) is 5.37. The second kappa shape index (κ2) is 8.90. The number of carbonyl (C=O) groups is 1. The Hall–Kier alpha value is -4.73. The van der Waals surface area contributed by atoms with E-state index in [0.29, 0.717) is 28.0 Å². The Balaban J connectivity index is 1.45. The predicted molar refractivity (Wildman–Crippen MR) is 125 cm³/mol. The number of hydrogen-bond acceptors (Lipinski definition) is 6. The molecule has 0 saturated carbocycles. The number of rotatable bonds is 6. The van der Waals surface area contributed by atoms with Crippen molar-refractivity contribution in [3.05, 3.63) is 78.1 Å². The molecule has 0 aliphatic heterocycles. The molecule has 176 valence electrons. The zero-order chi connectivity index (χ0) is 24.5. The number of carbonyl (C=O) groups excluding carboxylic acids is 1. The molecule has 0 unspecified atom stereocenters. The summed E-state index contributed by atoms with van der Waals surface area (Å²) in [5.41, 5.74) is 1.70. The van der Waals surface area contributed by atoms with Crippen LogP contribution in [0, 0.1) is 11.6 Å². The second-order valence-corrected chi connectivity index (χ2v) is 7.46. The van der Waals surface area contributed by atoms with Gasteiger partial charge in [-0.1, -0.05) is 12.1 Å². The summed E-state index contributed by atoms with van der Waals surface area (Å²) in [6, 6.07) is 12.9. The van der Waals surface area contributed by atoms with Crippen molar-refractivity contribution in [1.29, 1.82) is 0 Å². The van der Waals surface area contributed by atoms with Crippen molar-refractivity contribution in [2.24, 2.45) is 0 Å². The van der Waals surface area contributed by atoms with Crippen LogP contribution in [-0.4, -0.2) is 35.1 Å². The number of ether oxygens (including phenoxy) is 3.